The lowest BCUT2D eigenvalue weighted by atomic mass is 10.2. The summed E-state index contributed by atoms with van der Waals surface area (Å²) in [6.07, 6.45) is 1.30. The molecular formula is C13H5IN4O3. The van der Waals surface area contributed by atoms with Crippen LogP contribution in [0.2, 0.25) is 0 Å². The van der Waals surface area contributed by atoms with Gasteiger partial charge < -0.3 is 4.74 Å². The van der Waals surface area contributed by atoms with Gasteiger partial charge in [-0.2, -0.15) is 10.5 Å². The van der Waals surface area contributed by atoms with Gasteiger partial charge in [-0.25, -0.2) is 4.98 Å². The van der Waals surface area contributed by atoms with Crippen LogP contribution in [0.25, 0.3) is 0 Å². The number of nitrogens with zero attached hydrogens (tertiary/aromatic N) is 4. The van der Waals surface area contributed by atoms with Gasteiger partial charge in [0, 0.05) is 6.07 Å². The summed E-state index contributed by atoms with van der Waals surface area (Å²) in [5.41, 5.74) is 0.0885. The van der Waals surface area contributed by atoms with Crippen molar-refractivity contribution in [3.8, 4) is 23.6 Å². The van der Waals surface area contributed by atoms with Crippen LogP contribution in [0, 0.1) is 36.3 Å². The van der Waals surface area contributed by atoms with E-state index >= 15 is 0 Å². The first-order valence-corrected chi connectivity index (χ1v) is 6.55. The number of pyridine rings is 1. The Labute approximate surface area is 132 Å². The van der Waals surface area contributed by atoms with Gasteiger partial charge >= 0.3 is 5.69 Å². The first-order valence-electron chi connectivity index (χ1n) is 5.47. The quantitative estimate of drug-likeness (QED) is 0.451. The van der Waals surface area contributed by atoms with Crippen molar-refractivity contribution in [1.82, 2.24) is 4.98 Å². The molecule has 1 aromatic heterocycles. The molecule has 0 aliphatic heterocycles. The van der Waals surface area contributed by atoms with Crippen LogP contribution in [0.1, 0.15) is 11.3 Å². The van der Waals surface area contributed by atoms with Crippen molar-refractivity contribution in [2.24, 2.45) is 0 Å². The number of rotatable bonds is 3. The van der Waals surface area contributed by atoms with Crippen LogP contribution < -0.4 is 4.74 Å². The zero-order valence-electron chi connectivity index (χ0n) is 10.3. The molecule has 0 spiro atoms. The maximum Gasteiger partial charge on any atom is 0.314 e. The summed E-state index contributed by atoms with van der Waals surface area (Å²) >= 11 is 1.86. The summed E-state index contributed by atoms with van der Waals surface area (Å²) in [4.78, 5) is 14.3. The van der Waals surface area contributed by atoms with E-state index in [0.717, 1.165) is 6.07 Å². The van der Waals surface area contributed by atoms with Crippen molar-refractivity contribution in [3.63, 3.8) is 0 Å². The fourth-order valence-electron chi connectivity index (χ4n) is 1.50. The number of ether oxygens (including phenoxy) is 1. The molecule has 0 radical (unpaired) electrons. The predicted molar refractivity (Wildman–Crippen MR) is 79.6 cm³/mol. The molecule has 1 heterocycles. The number of benzene rings is 1. The van der Waals surface area contributed by atoms with E-state index in [1.165, 1.54) is 24.4 Å². The lowest BCUT2D eigenvalue weighted by Crippen LogP contribution is -1.97. The van der Waals surface area contributed by atoms with Gasteiger partial charge in [-0.15, -0.1) is 0 Å². The number of nitro groups is 1. The van der Waals surface area contributed by atoms with E-state index in [1.807, 2.05) is 34.7 Å². The van der Waals surface area contributed by atoms with Crippen molar-refractivity contribution < 1.29 is 9.66 Å². The van der Waals surface area contributed by atoms with E-state index in [0.29, 0.717) is 3.57 Å². The van der Waals surface area contributed by atoms with E-state index < -0.39 is 4.92 Å². The zero-order valence-corrected chi connectivity index (χ0v) is 12.4. The summed E-state index contributed by atoms with van der Waals surface area (Å²) in [6.45, 7) is 0. The highest BCUT2D eigenvalue weighted by Crippen LogP contribution is 2.36. The summed E-state index contributed by atoms with van der Waals surface area (Å²) in [7, 11) is 0. The van der Waals surface area contributed by atoms with E-state index in [2.05, 4.69) is 4.98 Å². The Hall–Kier alpha value is -2.72. The van der Waals surface area contributed by atoms with Gasteiger partial charge in [-0.3, -0.25) is 10.1 Å². The fraction of sp³-hybridized carbons (Fsp3) is 0. The highest BCUT2D eigenvalue weighted by Gasteiger charge is 2.21. The average Bonchev–Trinajstić information content (AvgIpc) is 2.49. The topological polar surface area (TPSA) is 113 Å². The number of hydrogen-bond donors (Lipinski definition) is 0. The number of nitriles is 2. The standard InChI is InChI=1S/C13H5IN4O3/c14-11-3-8(5-15)4-12(18(19)20)13(11)21-10-2-1-9(6-16)17-7-10/h1-4,7H. The Morgan fingerprint density at radius 2 is 2.05 bits per heavy atom. The molecule has 2 aromatic rings. The second-order valence-corrected chi connectivity index (χ2v) is 4.93. The summed E-state index contributed by atoms with van der Waals surface area (Å²) in [5, 5.41) is 28.6. The van der Waals surface area contributed by atoms with Crippen LogP contribution in [0.5, 0.6) is 11.5 Å². The van der Waals surface area contributed by atoms with Crippen LogP contribution in [0.3, 0.4) is 0 Å². The summed E-state index contributed by atoms with van der Waals surface area (Å²) in [6, 6.07) is 9.28. The third-order valence-corrected chi connectivity index (χ3v) is 3.22. The van der Waals surface area contributed by atoms with Crippen molar-refractivity contribution in [2.75, 3.05) is 0 Å². The van der Waals surface area contributed by atoms with Gasteiger partial charge in [-0.1, -0.05) is 0 Å². The minimum absolute atomic E-state index is 0.0334. The minimum Gasteiger partial charge on any atom is -0.447 e. The van der Waals surface area contributed by atoms with E-state index in [1.54, 1.807) is 0 Å². The van der Waals surface area contributed by atoms with Crippen LogP contribution in [-0.4, -0.2) is 9.91 Å². The molecule has 1 aromatic carbocycles. The molecule has 0 N–H and O–H groups in total. The molecule has 0 aliphatic carbocycles. The lowest BCUT2D eigenvalue weighted by Gasteiger charge is -2.08. The summed E-state index contributed by atoms with van der Waals surface area (Å²) < 4.78 is 5.90. The molecule has 2 rings (SSSR count). The van der Waals surface area contributed by atoms with Gasteiger partial charge in [0.05, 0.1) is 26.3 Å². The zero-order chi connectivity index (χ0) is 15.4. The van der Waals surface area contributed by atoms with Crippen molar-refractivity contribution in [1.29, 1.82) is 10.5 Å². The molecule has 8 heteroatoms. The monoisotopic (exact) mass is 392 g/mol. The number of nitro benzene ring substituents is 1. The third-order valence-electron chi connectivity index (χ3n) is 2.42. The molecule has 0 atom stereocenters. The third kappa shape index (κ3) is 3.24. The van der Waals surface area contributed by atoms with E-state index in [-0.39, 0.29) is 28.4 Å². The van der Waals surface area contributed by atoms with Crippen molar-refractivity contribution in [3.05, 3.63) is 55.4 Å². The Balaban J connectivity index is 2.45. The van der Waals surface area contributed by atoms with Crippen molar-refractivity contribution in [2.45, 2.75) is 0 Å². The highest BCUT2D eigenvalue weighted by molar-refractivity contribution is 14.1. The van der Waals surface area contributed by atoms with Crippen LogP contribution >= 0.6 is 22.6 Å². The SMILES string of the molecule is N#Cc1cc(I)c(Oc2ccc(C#N)nc2)c([N+](=O)[O-])c1. The second kappa shape index (κ2) is 6.15. The number of halogens is 1. The normalized spacial score (nSPS) is 9.48. The Bertz CT molecular complexity index is 791. The highest BCUT2D eigenvalue weighted by atomic mass is 127. The summed E-state index contributed by atoms with van der Waals surface area (Å²) in [5.74, 6) is 0.297. The molecule has 0 amide bonds. The largest absolute Gasteiger partial charge is 0.447 e. The molecule has 102 valence electrons. The van der Waals surface area contributed by atoms with Gasteiger partial charge in [0.1, 0.15) is 17.5 Å². The van der Waals surface area contributed by atoms with Crippen molar-refractivity contribution >= 4 is 28.3 Å². The van der Waals surface area contributed by atoms with Gasteiger partial charge in [0.25, 0.3) is 0 Å². The van der Waals surface area contributed by atoms with Crippen LogP contribution in [0.15, 0.2) is 30.5 Å². The smallest absolute Gasteiger partial charge is 0.314 e. The first kappa shape index (κ1) is 14.7. The lowest BCUT2D eigenvalue weighted by molar-refractivity contribution is -0.385. The molecule has 0 bridgehead atoms. The maximum absolute atomic E-state index is 11.1. The van der Waals surface area contributed by atoms with Crippen LogP contribution in [0.4, 0.5) is 5.69 Å². The Kier molecular flexibility index (Phi) is 4.30. The Morgan fingerprint density at radius 3 is 2.57 bits per heavy atom. The molecule has 0 aliphatic rings. The number of hydrogen-bond acceptors (Lipinski definition) is 6. The van der Waals surface area contributed by atoms with Crippen LogP contribution in [-0.2, 0) is 0 Å². The maximum atomic E-state index is 11.1. The molecular weight excluding hydrogens is 387 g/mol. The van der Waals surface area contributed by atoms with E-state index in [9.17, 15) is 10.1 Å². The average molecular weight is 392 g/mol. The molecule has 0 fully saturated rings. The molecule has 0 saturated carbocycles. The number of aromatic nitrogens is 1. The minimum atomic E-state index is -0.616. The molecule has 0 unspecified atom stereocenters. The Morgan fingerprint density at radius 1 is 1.29 bits per heavy atom. The van der Waals surface area contributed by atoms with Gasteiger partial charge in [0.15, 0.2) is 0 Å². The molecule has 7 nitrogen and oxygen atoms in total. The molecule has 0 saturated heterocycles. The second-order valence-electron chi connectivity index (χ2n) is 3.77. The first-order chi connectivity index (χ1) is 10.0. The van der Waals surface area contributed by atoms with E-state index in [4.69, 9.17) is 15.3 Å². The van der Waals surface area contributed by atoms with Gasteiger partial charge in [-0.05, 0) is 40.8 Å². The predicted octanol–water partition coefficient (Wildman–Crippen LogP) is 3.13. The molecule has 21 heavy (non-hydrogen) atoms. The fourth-order valence-corrected chi connectivity index (χ4v) is 2.23. The van der Waals surface area contributed by atoms with Gasteiger partial charge in [0.2, 0.25) is 5.75 Å².